The zero-order valence-electron chi connectivity index (χ0n) is 9.56. The normalized spacial score (nSPS) is 9.75. The molecule has 0 radical (unpaired) electrons. The number of hydrogen-bond acceptors (Lipinski definition) is 2. The van der Waals surface area contributed by atoms with Gasteiger partial charge in [0.05, 0.1) is 12.1 Å². The fraction of sp³-hybridized carbons (Fsp3) is 0.364. The van der Waals surface area contributed by atoms with E-state index < -0.39 is 0 Å². The van der Waals surface area contributed by atoms with Gasteiger partial charge in [0.25, 0.3) is 0 Å². The smallest absolute Gasteiger partial charge is 0.166 e. The van der Waals surface area contributed by atoms with Crippen molar-refractivity contribution in [2.24, 2.45) is 0 Å². The van der Waals surface area contributed by atoms with E-state index >= 15 is 0 Å². The summed E-state index contributed by atoms with van der Waals surface area (Å²) in [6.45, 7) is 2.66. The van der Waals surface area contributed by atoms with Crippen LogP contribution in [0.3, 0.4) is 0 Å². The molecule has 1 rings (SSSR count). The van der Waals surface area contributed by atoms with Gasteiger partial charge in [0, 0.05) is 13.6 Å². The van der Waals surface area contributed by atoms with Gasteiger partial charge in [0.2, 0.25) is 0 Å². The molecule has 0 aromatic heterocycles. The molecule has 2 N–H and O–H groups in total. The Hall–Kier alpha value is -1.00. The molecule has 0 aliphatic carbocycles. The van der Waals surface area contributed by atoms with Gasteiger partial charge < -0.3 is 15.4 Å². The van der Waals surface area contributed by atoms with Gasteiger partial charge in [-0.25, -0.2) is 0 Å². The largest absolute Gasteiger partial charge is 0.495 e. The Balaban J connectivity index is 2.81. The monoisotopic (exact) mass is 258 g/mol. The predicted octanol–water partition coefficient (Wildman–Crippen LogP) is 2.25. The van der Waals surface area contributed by atoms with E-state index in [4.69, 9.17) is 28.6 Å². The van der Waals surface area contributed by atoms with E-state index in [2.05, 4.69) is 10.6 Å². The van der Waals surface area contributed by atoms with E-state index in [0.29, 0.717) is 22.4 Å². The van der Waals surface area contributed by atoms with Gasteiger partial charge in [0.15, 0.2) is 5.11 Å². The highest BCUT2D eigenvalue weighted by molar-refractivity contribution is 7.80. The lowest BCUT2D eigenvalue weighted by molar-refractivity contribution is 0.414. The number of hydrogen-bond donors (Lipinski definition) is 2. The Labute approximate surface area is 106 Å². The highest BCUT2D eigenvalue weighted by atomic mass is 35.5. The Morgan fingerprint density at radius 1 is 1.50 bits per heavy atom. The molecule has 3 nitrogen and oxygen atoms in total. The van der Waals surface area contributed by atoms with Gasteiger partial charge in [-0.05, 0) is 42.4 Å². The third kappa shape index (κ3) is 3.25. The fourth-order valence-corrected chi connectivity index (χ4v) is 1.64. The number of halogens is 1. The summed E-state index contributed by atoms with van der Waals surface area (Å²) in [5.41, 5.74) is 2.22. The first-order chi connectivity index (χ1) is 7.58. The van der Waals surface area contributed by atoms with E-state index in [1.165, 1.54) is 0 Å². The third-order valence-electron chi connectivity index (χ3n) is 2.28. The highest BCUT2D eigenvalue weighted by Crippen LogP contribution is 2.27. The van der Waals surface area contributed by atoms with Crippen LogP contribution in [0.15, 0.2) is 12.1 Å². The molecule has 1 aromatic carbocycles. The number of aryl methyl sites for hydroxylation is 1. The highest BCUT2D eigenvalue weighted by Gasteiger charge is 2.06. The Bertz CT molecular complexity index is 396. The molecule has 0 spiro atoms. The average Bonchev–Trinajstić information content (AvgIpc) is 2.29. The zero-order chi connectivity index (χ0) is 12.1. The Kier molecular flexibility index (Phi) is 4.83. The summed E-state index contributed by atoms with van der Waals surface area (Å²) in [5.74, 6) is 0.694. The van der Waals surface area contributed by atoms with Crippen molar-refractivity contribution in [3.05, 3.63) is 28.3 Å². The average molecular weight is 259 g/mol. The van der Waals surface area contributed by atoms with Crippen molar-refractivity contribution in [1.29, 1.82) is 0 Å². The van der Waals surface area contributed by atoms with Crippen molar-refractivity contribution < 1.29 is 4.74 Å². The maximum absolute atomic E-state index is 6.05. The topological polar surface area (TPSA) is 33.3 Å². The van der Waals surface area contributed by atoms with Gasteiger partial charge in [-0.2, -0.15) is 0 Å². The molecule has 1 aromatic rings. The van der Waals surface area contributed by atoms with Crippen LogP contribution < -0.4 is 15.4 Å². The van der Waals surface area contributed by atoms with Gasteiger partial charge >= 0.3 is 0 Å². The molecule has 0 amide bonds. The van der Waals surface area contributed by atoms with Crippen molar-refractivity contribution >= 4 is 28.9 Å². The van der Waals surface area contributed by atoms with Gasteiger partial charge in [-0.1, -0.05) is 11.6 Å². The summed E-state index contributed by atoms with van der Waals surface area (Å²) in [5, 5.41) is 7.16. The van der Waals surface area contributed by atoms with Crippen LogP contribution >= 0.6 is 23.8 Å². The maximum atomic E-state index is 6.05. The molecule has 0 saturated carbocycles. The second kappa shape index (κ2) is 5.92. The van der Waals surface area contributed by atoms with Gasteiger partial charge in [0.1, 0.15) is 5.75 Å². The Morgan fingerprint density at radius 3 is 2.75 bits per heavy atom. The quantitative estimate of drug-likeness (QED) is 0.815. The molecule has 0 aliphatic heterocycles. The summed E-state index contributed by atoms with van der Waals surface area (Å²) in [7, 11) is 3.39. The van der Waals surface area contributed by atoms with Crippen LogP contribution in [-0.4, -0.2) is 19.3 Å². The maximum Gasteiger partial charge on any atom is 0.166 e. The number of nitrogens with one attached hydrogen (secondary N) is 2. The first kappa shape index (κ1) is 13.1. The van der Waals surface area contributed by atoms with Crippen molar-refractivity contribution in [3.63, 3.8) is 0 Å². The lowest BCUT2D eigenvalue weighted by atomic mass is 10.1. The molecule has 5 heteroatoms. The van der Waals surface area contributed by atoms with E-state index in [-0.39, 0.29) is 0 Å². The molecule has 0 unspecified atom stereocenters. The molecule has 88 valence electrons. The van der Waals surface area contributed by atoms with Gasteiger partial charge in [-0.15, -0.1) is 0 Å². The summed E-state index contributed by atoms with van der Waals surface area (Å²) in [6, 6.07) is 3.81. The van der Waals surface area contributed by atoms with Crippen LogP contribution in [0.1, 0.15) is 11.1 Å². The number of thiocarbonyl (C=S) groups is 1. The van der Waals surface area contributed by atoms with E-state index in [1.807, 2.05) is 19.1 Å². The second-order valence-electron chi connectivity index (χ2n) is 3.35. The summed E-state index contributed by atoms with van der Waals surface area (Å²) in [4.78, 5) is 0. The first-order valence-electron chi connectivity index (χ1n) is 4.87. The molecule has 0 atom stereocenters. The van der Waals surface area contributed by atoms with Crippen LogP contribution in [0, 0.1) is 6.92 Å². The fourth-order valence-electron chi connectivity index (χ4n) is 1.31. The Morgan fingerprint density at radius 2 is 2.19 bits per heavy atom. The van der Waals surface area contributed by atoms with E-state index in [1.54, 1.807) is 14.2 Å². The van der Waals surface area contributed by atoms with Crippen LogP contribution in [-0.2, 0) is 6.54 Å². The molecular formula is C11H15ClN2OS. The van der Waals surface area contributed by atoms with E-state index in [0.717, 1.165) is 11.1 Å². The zero-order valence-corrected chi connectivity index (χ0v) is 11.1. The minimum atomic E-state index is 0.611. The minimum Gasteiger partial charge on any atom is -0.495 e. The van der Waals surface area contributed by atoms with Crippen molar-refractivity contribution in [2.75, 3.05) is 14.2 Å². The molecule has 0 bridgehead atoms. The molecule has 0 heterocycles. The van der Waals surface area contributed by atoms with Crippen molar-refractivity contribution in [2.45, 2.75) is 13.5 Å². The van der Waals surface area contributed by atoms with Crippen LogP contribution in [0.25, 0.3) is 0 Å². The summed E-state index contributed by atoms with van der Waals surface area (Å²) in [6.07, 6.45) is 0. The number of rotatable bonds is 3. The minimum absolute atomic E-state index is 0.611. The molecule has 0 saturated heterocycles. The number of methoxy groups -OCH3 is 1. The SMILES string of the molecule is CNC(=S)NCc1cc(Cl)c(OC)cc1C. The molecule has 16 heavy (non-hydrogen) atoms. The third-order valence-corrected chi connectivity index (χ3v) is 2.92. The number of ether oxygens (including phenoxy) is 1. The van der Waals surface area contributed by atoms with Crippen LogP contribution in [0.2, 0.25) is 5.02 Å². The lowest BCUT2D eigenvalue weighted by Gasteiger charge is -2.12. The van der Waals surface area contributed by atoms with Crippen LogP contribution in [0.4, 0.5) is 0 Å². The first-order valence-corrected chi connectivity index (χ1v) is 5.65. The molecular weight excluding hydrogens is 244 g/mol. The lowest BCUT2D eigenvalue weighted by Crippen LogP contribution is -2.32. The van der Waals surface area contributed by atoms with Crippen molar-refractivity contribution in [1.82, 2.24) is 10.6 Å². The van der Waals surface area contributed by atoms with E-state index in [9.17, 15) is 0 Å². The standard InChI is InChI=1S/C11H15ClN2OS/c1-7-4-10(15-3)9(12)5-8(7)6-14-11(16)13-2/h4-5H,6H2,1-3H3,(H2,13,14,16). The summed E-state index contributed by atoms with van der Waals surface area (Å²) >= 11 is 11.0. The second-order valence-corrected chi connectivity index (χ2v) is 4.16. The molecule has 0 fully saturated rings. The molecule has 0 aliphatic rings. The summed E-state index contributed by atoms with van der Waals surface area (Å²) < 4.78 is 5.14. The van der Waals surface area contributed by atoms with Crippen LogP contribution in [0.5, 0.6) is 5.75 Å². The number of benzene rings is 1. The predicted molar refractivity (Wildman–Crippen MR) is 71.2 cm³/mol. The van der Waals surface area contributed by atoms with Crippen molar-refractivity contribution in [3.8, 4) is 5.75 Å². The van der Waals surface area contributed by atoms with Gasteiger partial charge in [-0.3, -0.25) is 0 Å².